The van der Waals surface area contributed by atoms with Crippen LogP contribution in [-0.2, 0) is 4.79 Å². The average Bonchev–Trinajstić information content (AvgIpc) is 2.35. The van der Waals surface area contributed by atoms with Crippen LogP contribution in [0.3, 0.4) is 0 Å². The number of aliphatic hydroxyl groups is 1. The van der Waals surface area contributed by atoms with Crippen LogP contribution in [0.2, 0.25) is 0 Å². The summed E-state index contributed by atoms with van der Waals surface area (Å²) in [7, 11) is 0. The minimum atomic E-state index is -1.42. The minimum Gasteiger partial charge on any atom is -0.425 e. The summed E-state index contributed by atoms with van der Waals surface area (Å²) < 4.78 is 4.95. The number of benzene rings is 1. The van der Waals surface area contributed by atoms with Crippen molar-refractivity contribution >= 4 is 12.0 Å². The van der Waals surface area contributed by atoms with E-state index in [1.165, 1.54) is 0 Å². The van der Waals surface area contributed by atoms with E-state index in [0.29, 0.717) is 5.75 Å². The molecule has 1 aromatic rings. The van der Waals surface area contributed by atoms with Gasteiger partial charge in [0.05, 0.1) is 6.54 Å². The number of carbonyl (C=O) groups excluding carboxylic acids is 2. The SMILES string of the molecule is CC(C)(C)NC(=O)NCC(O)C(=O)Oc1ccccc1. The maximum atomic E-state index is 11.6. The number of para-hydroxylation sites is 1. The van der Waals surface area contributed by atoms with Crippen LogP contribution in [0, 0.1) is 0 Å². The van der Waals surface area contributed by atoms with Gasteiger partial charge in [0, 0.05) is 5.54 Å². The number of esters is 1. The van der Waals surface area contributed by atoms with E-state index in [2.05, 4.69) is 10.6 Å². The summed E-state index contributed by atoms with van der Waals surface area (Å²) >= 11 is 0. The number of carbonyl (C=O) groups is 2. The van der Waals surface area contributed by atoms with Gasteiger partial charge in [0.2, 0.25) is 0 Å². The van der Waals surface area contributed by atoms with Gasteiger partial charge in [-0.2, -0.15) is 0 Å². The Labute approximate surface area is 118 Å². The lowest BCUT2D eigenvalue weighted by atomic mass is 10.1. The van der Waals surface area contributed by atoms with Gasteiger partial charge < -0.3 is 20.5 Å². The Bertz CT molecular complexity index is 454. The fraction of sp³-hybridized carbons (Fsp3) is 0.429. The molecule has 1 atom stereocenters. The first-order valence-electron chi connectivity index (χ1n) is 6.29. The predicted molar refractivity (Wildman–Crippen MR) is 74.4 cm³/mol. The van der Waals surface area contributed by atoms with Gasteiger partial charge in [0.1, 0.15) is 5.75 Å². The molecule has 1 rings (SSSR count). The zero-order chi connectivity index (χ0) is 15.2. The molecular weight excluding hydrogens is 260 g/mol. The molecule has 0 saturated carbocycles. The second-order valence-corrected chi connectivity index (χ2v) is 5.33. The third-order valence-corrected chi connectivity index (χ3v) is 2.18. The molecule has 0 bridgehead atoms. The number of nitrogens with one attached hydrogen (secondary N) is 2. The quantitative estimate of drug-likeness (QED) is 0.568. The van der Waals surface area contributed by atoms with E-state index < -0.39 is 18.1 Å². The summed E-state index contributed by atoms with van der Waals surface area (Å²) in [6.07, 6.45) is -1.42. The monoisotopic (exact) mass is 280 g/mol. The molecule has 0 aliphatic carbocycles. The summed E-state index contributed by atoms with van der Waals surface area (Å²) in [5, 5.41) is 14.7. The Balaban J connectivity index is 2.37. The summed E-state index contributed by atoms with van der Waals surface area (Å²) in [6, 6.07) is 7.96. The third-order valence-electron chi connectivity index (χ3n) is 2.18. The Morgan fingerprint density at radius 2 is 1.85 bits per heavy atom. The number of amides is 2. The summed E-state index contributed by atoms with van der Waals surface area (Å²) in [4.78, 5) is 23.0. The Kier molecular flexibility index (Phi) is 5.52. The predicted octanol–water partition coefficient (Wildman–Crippen LogP) is 1.05. The third kappa shape index (κ3) is 6.19. The fourth-order valence-corrected chi connectivity index (χ4v) is 1.33. The lowest BCUT2D eigenvalue weighted by Crippen LogP contribution is -2.49. The van der Waals surface area contributed by atoms with Crippen LogP contribution in [0.15, 0.2) is 30.3 Å². The first-order valence-corrected chi connectivity index (χ1v) is 6.29. The van der Waals surface area contributed by atoms with Crippen LogP contribution < -0.4 is 15.4 Å². The van der Waals surface area contributed by atoms with Gasteiger partial charge in [0.15, 0.2) is 6.10 Å². The van der Waals surface area contributed by atoms with Crippen LogP contribution in [0.1, 0.15) is 20.8 Å². The highest BCUT2D eigenvalue weighted by Gasteiger charge is 2.19. The van der Waals surface area contributed by atoms with Crippen molar-refractivity contribution in [1.29, 1.82) is 0 Å². The van der Waals surface area contributed by atoms with E-state index in [1.54, 1.807) is 30.3 Å². The molecule has 6 nitrogen and oxygen atoms in total. The molecule has 0 fully saturated rings. The molecule has 0 aliphatic heterocycles. The zero-order valence-corrected chi connectivity index (χ0v) is 11.8. The largest absolute Gasteiger partial charge is 0.425 e. The molecule has 3 N–H and O–H groups in total. The Hall–Kier alpha value is -2.08. The van der Waals surface area contributed by atoms with Crippen LogP contribution in [0.5, 0.6) is 5.75 Å². The topological polar surface area (TPSA) is 87.7 Å². The molecule has 0 aromatic heterocycles. The van der Waals surface area contributed by atoms with Crippen molar-refractivity contribution in [2.24, 2.45) is 0 Å². The lowest BCUT2D eigenvalue weighted by Gasteiger charge is -2.21. The van der Waals surface area contributed by atoms with Crippen LogP contribution in [0.4, 0.5) is 4.79 Å². The van der Waals surface area contributed by atoms with E-state index in [9.17, 15) is 14.7 Å². The second kappa shape index (κ2) is 6.91. The smallest absolute Gasteiger partial charge is 0.342 e. The Morgan fingerprint density at radius 3 is 2.40 bits per heavy atom. The highest BCUT2D eigenvalue weighted by atomic mass is 16.5. The molecule has 0 spiro atoms. The molecular formula is C14H20N2O4. The number of hydrogen-bond donors (Lipinski definition) is 3. The van der Waals surface area contributed by atoms with Gasteiger partial charge in [-0.25, -0.2) is 9.59 Å². The Morgan fingerprint density at radius 1 is 1.25 bits per heavy atom. The van der Waals surface area contributed by atoms with E-state index >= 15 is 0 Å². The van der Waals surface area contributed by atoms with E-state index in [0.717, 1.165) is 0 Å². The molecule has 0 saturated heterocycles. The van der Waals surface area contributed by atoms with Crippen LogP contribution in [-0.4, -0.2) is 35.3 Å². The van der Waals surface area contributed by atoms with Crippen molar-refractivity contribution in [2.45, 2.75) is 32.4 Å². The van der Waals surface area contributed by atoms with Gasteiger partial charge >= 0.3 is 12.0 Å². The molecule has 0 radical (unpaired) electrons. The van der Waals surface area contributed by atoms with Crippen molar-refractivity contribution in [1.82, 2.24) is 10.6 Å². The van der Waals surface area contributed by atoms with Crippen molar-refractivity contribution in [2.75, 3.05) is 6.54 Å². The summed E-state index contributed by atoms with van der Waals surface area (Å²) in [5.41, 5.74) is -0.389. The zero-order valence-electron chi connectivity index (χ0n) is 11.8. The number of ether oxygens (including phenoxy) is 1. The highest BCUT2D eigenvalue weighted by molar-refractivity contribution is 5.79. The van der Waals surface area contributed by atoms with E-state index in [-0.39, 0.29) is 12.1 Å². The van der Waals surface area contributed by atoms with Gasteiger partial charge in [0.25, 0.3) is 0 Å². The molecule has 2 amide bonds. The summed E-state index contributed by atoms with van der Waals surface area (Å²) in [6.45, 7) is 5.26. The molecule has 1 unspecified atom stereocenters. The molecule has 110 valence electrons. The first kappa shape index (κ1) is 16.0. The van der Waals surface area contributed by atoms with E-state index in [1.807, 2.05) is 20.8 Å². The van der Waals surface area contributed by atoms with Crippen molar-refractivity contribution < 1.29 is 19.4 Å². The van der Waals surface area contributed by atoms with E-state index in [4.69, 9.17) is 4.74 Å². The number of aliphatic hydroxyl groups excluding tert-OH is 1. The molecule has 0 aliphatic rings. The standard InChI is InChI=1S/C14H20N2O4/c1-14(2,3)16-13(19)15-9-11(17)12(18)20-10-7-5-4-6-8-10/h4-8,11,17H,9H2,1-3H3,(H2,15,16,19). The number of hydrogen-bond acceptors (Lipinski definition) is 4. The number of urea groups is 1. The van der Waals surface area contributed by atoms with Crippen molar-refractivity contribution in [3.8, 4) is 5.75 Å². The first-order chi connectivity index (χ1) is 9.28. The molecule has 1 aromatic carbocycles. The summed E-state index contributed by atoms with van der Waals surface area (Å²) in [5.74, 6) is -0.469. The van der Waals surface area contributed by atoms with Gasteiger partial charge in [-0.05, 0) is 32.9 Å². The maximum Gasteiger partial charge on any atom is 0.342 e. The minimum absolute atomic E-state index is 0.215. The normalized spacial score (nSPS) is 12.4. The van der Waals surface area contributed by atoms with Crippen LogP contribution in [0.25, 0.3) is 0 Å². The maximum absolute atomic E-state index is 11.6. The molecule has 20 heavy (non-hydrogen) atoms. The van der Waals surface area contributed by atoms with Crippen LogP contribution >= 0.6 is 0 Å². The molecule has 6 heteroatoms. The van der Waals surface area contributed by atoms with Gasteiger partial charge in [-0.1, -0.05) is 18.2 Å². The highest BCUT2D eigenvalue weighted by Crippen LogP contribution is 2.09. The van der Waals surface area contributed by atoms with Crippen molar-refractivity contribution in [3.63, 3.8) is 0 Å². The lowest BCUT2D eigenvalue weighted by molar-refractivity contribution is -0.143. The average molecular weight is 280 g/mol. The van der Waals surface area contributed by atoms with Crippen molar-refractivity contribution in [3.05, 3.63) is 30.3 Å². The van der Waals surface area contributed by atoms with Gasteiger partial charge in [-0.15, -0.1) is 0 Å². The molecule has 0 heterocycles. The fourth-order valence-electron chi connectivity index (χ4n) is 1.33. The second-order valence-electron chi connectivity index (χ2n) is 5.33. The number of rotatable bonds is 4. The van der Waals surface area contributed by atoms with Gasteiger partial charge in [-0.3, -0.25) is 0 Å².